The van der Waals surface area contributed by atoms with E-state index in [0.29, 0.717) is 12.1 Å². The average Bonchev–Trinajstić information content (AvgIpc) is 2.17. The maximum absolute atomic E-state index is 11.9. The first-order valence-electron chi connectivity index (χ1n) is 6.34. The summed E-state index contributed by atoms with van der Waals surface area (Å²) < 4.78 is 5.38. The summed E-state index contributed by atoms with van der Waals surface area (Å²) in [5.41, 5.74) is 5.26. The van der Waals surface area contributed by atoms with Crippen molar-refractivity contribution in [2.45, 2.75) is 44.9 Å². The topological polar surface area (TPSA) is 58.8 Å². The number of carbonyl (C=O) groups excluding carboxylic acids is 1. The Kier molecular flexibility index (Phi) is 3.32. The molecule has 2 heterocycles. The lowest BCUT2D eigenvalue weighted by molar-refractivity contribution is -0.0498. The Morgan fingerprint density at radius 1 is 1.41 bits per heavy atom. The van der Waals surface area contributed by atoms with E-state index in [4.69, 9.17) is 10.5 Å². The van der Waals surface area contributed by atoms with Crippen LogP contribution in [0.15, 0.2) is 0 Å². The number of nitrogens with zero attached hydrogens (tertiary/aromatic N) is 2. The third-order valence-corrected chi connectivity index (χ3v) is 3.47. The Labute approximate surface area is 103 Å². The lowest BCUT2D eigenvalue weighted by Crippen LogP contribution is -2.67. The molecule has 2 fully saturated rings. The number of fused-ring (bicyclic) bond motifs is 1. The van der Waals surface area contributed by atoms with Crippen molar-refractivity contribution in [1.82, 2.24) is 9.80 Å². The molecule has 0 aromatic heterocycles. The average molecular weight is 241 g/mol. The maximum atomic E-state index is 11.9. The zero-order valence-electron chi connectivity index (χ0n) is 11.0. The standard InChI is InChI=1S/C12H23N3O2/c1-12(2,3)17-11(16)14-4-5-15-9(7-13)6-10(15)8-14/h9-10H,4-8,13H2,1-3H3/t9-,10+/m0/s1. The van der Waals surface area contributed by atoms with Crippen LogP contribution < -0.4 is 5.73 Å². The fourth-order valence-electron chi connectivity index (χ4n) is 2.60. The molecule has 5 heteroatoms. The molecule has 2 aliphatic heterocycles. The number of nitrogens with two attached hydrogens (primary N) is 1. The Hall–Kier alpha value is -0.810. The molecule has 2 saturated heterocycles. The highest BCUT2D eigenvalue weighted by atomic mass is 16.6. The highest BCUT2D eigenvalue weighted by Gasteiger charge is 2.42. The van der Waals surface area contributed by atoms with E-state index in [2.05, 4.69) is 4.90 Å². The van der Waals surface area contributed by atoms with Gasteiger partial charge in [0.1, 0.15) is 5.60 Å². The predicted molar refractivity (Wildman–Crippen MR) is 65.8 cm³/mol. The Balaban J connectivity index is 1.84. The first kappa shape index (κ1) is 12.6. The molecule has 5 nitrogen and oxygen atoms in total. The molecule has 17 heavy (non-hydrogen) atoms. The number of carbonyl (C=O) groups is 1. The van der Waals surface area contributed by atoms with Gasteiger partial charge in [-0.05, 0) is 27.2 Å². The summed E-state index contributed by atoms with van der Waals surface area (Å²) in [4.78, 5) is 16.1. The minimum atomic E-state index is -0.409. The third-order valence-electron chi connectivity index (χ3n) is 3.47. The molecule has 0 saturated carbocycles. The molecular formula is C12H23N3O2. The van der Waals surface area contributed by atoms with Gasteiger partial charge >= 0.3 is 6.09 Å². The van der Waals surface area contributed by atoms with E-state index in [1.807, 2.05) is 25.7 Å². The molecule has 0 spiro atoms. The number of amides is 1. The summed E-state index contributed by atoms with van der Waals surface area (Å²) in [5, 5.41) is 0. The van der Waals surface area contributed by atoms with Gasteiger partial charge in [-0.25, -0.2) is 4.79 Å². The van der Waals surface area contributed by atoms with Crippen molar-refractivity contribution in [2.75, 3.05) is 26.2 Å². The minimum Gasteiger partial charge on any atom is -0.444 e. The number of hydrogen-bond acceptors (Lipinski definition) is 4. The fraction of sp³-hybridized carbons (Fsp3) is 0.917. The fourth-order valence-corrected chi connectivity index (χ4v) is 2.60. The van der Waals surface area contributed by atoms with Crippen molar-refractivity contribution in [3.63, 3.8) is 0 Å². The summed E-state index contributed by atoms with van der Waals surface area (Å²) in [6.45, 7) is 8.88. The highest BCUT2D eigenvalue weighted by Crippen LogP contribution is 2.29. The Bertz CT molecular complexity index is 301. The largest absolute Gasteiger partial charge is 0.444 e. The second-order valence-electron chi connectivity index (χ2n) is 5.94. The summed E-state index contributed by atoms with van der Waals surface area (Å²) in [6.07, 6.45) is 0.920. The molecular weight excluding hydrogens is 218 g/mol. The van der Waals surface area contributed by atoms with E-state index in [1.165, 1.54) is 0 Å². The summed E-state index contributed by atoms with van der Waals surface area (Å²) in [7, 11) is 0. The molecule has 2 rings (SSSR count). The van der Waals surface area contributed by atoms with E-state index in [9.17, 15) is 4.79 Å². The summed E-state index contributed by atoms with van der Waals surface area (Å²) in [5.74, 6) is 0. The minimum absolute atomic E-state index is 0.187. The molecule has 0 aromatic carbocycles. The first-order chi connectivity index (χ1) is 7.90. The van der Waals surface area contributed by atoms with Crippen LogP contribution in [0.4, 0.5) is 4.79 Å². The van der Waals surface area contributed by atoms with E-state index < -0.39 is 5.60 Å². The Morgan fingerprint density at radius 2 is 2.12 bits per heavy atom. The van der Waals surface area contributed by atoms with Gasteiger partial charge in [0.2, 0.25) is 0 Å². The van der Waals surface area contributed by atoms with Gasteiger partial charge in [-0.2, -0.15) is 0 Å². The van der Waals surface area contributed by atoms with Gasteiger partial charge in [0.15, 0.2) is 0 Å². The second-order valence-corrected chi connectivity index (χ2v) is 5.94. The van der Waals surface area contributed by atoms with E-state index in [1.54, 1.807) is 0 Å². The van der Waals surface area contributed by atoms with Crippen molar-refractivity contribution in [2.24, 2.45) is 5.73 Å². The smallest absolute Gasteiger partial charge is 0.410 e. The van der Waals surface area contributed by atoms with Crippen molar-refractivity contribution in [1.29, 1.82) is 0 Å². The summed E-state index contributed by atoms with van der Waals surface area (Å²) in [6, 6.07) is 1.02. The van der Waals surface area contributed by atoms with Crippen molar-refractivity contribution in [3.05, 3.63) is 0 Å². The molecule has 98 valence electrons. The predicted octanol–water partition coefficient (Wildman–Crippen LogP) is 0.639. The lowest BCUT2D eigenvalue weighted by atomic mass is 9.90. The van der Waals surface area contributed by atoms with Gasteiger partial charge in [-0.1, -0.05) is 0 Å². The molecule has 0 unspecified atom stereocenters. The van der Waals surface area contributed by atoms with Crippen molar-refractivity contribution in [3.8, 4) is 0 Å². The van der Waals surface area contributed by atoms with Crippen molar-refractivity contribution < 1.29 is 9.53 Å². The SMILES string of the molecule is CC(C)(C)OC(=O)N1CCN2[C@H](CN)C[C@@H]2C1. The van der Waals surface area contributed by atoms with Crippen LogP contribution in [0, 0.1) is 0 Å². The van der Waals surface area contributed by atoms with Gasteiger partial charge in [0.25, 0.3) is 0 Å². The number of hydrogen-bond donors (Lipinski definition) is 1. The molecule has 2 atom stereocenters. The van der Waals surface area contributed by atoms with Crippen LogP contribution in [0.2, 0.25) is 0 Å². The number of piperazine rings is 1. The van der Waals surface area contributed by atoms with Crippen LogP contribution in [0.25, 0.3) is 0 Å². The van der Waals surface area contributed by atoms with Gasteiger partial charge in [0, 0.05) is 38.3 Å². The molecule has 1 amide bonds. The third kappa shape index (κ3) is 2.72. The molecule has 0 aromatic rings. The Morgan fingerprint density at radius 3 is 2.65 bits per heavy atom. The van der Waals surface area contributed by atoms with Gasteiger partial charge < -0.3 is 15.4 Å². The molecule has 0 radical (unpaired) electrons. The van der Waals surface area contributed by atoms with Crippen LogP contribution in [-0.4, -0.2) is 59.8 Å². The molecule has 0 aliphatic carbocycles. The van der Waals surface area contributed by atoms with E-state index in [0.717, 1.165) is 32.6 Å². The van der Waals surface area contributed by atoms with E-state index in [-0.39, 0.29) is 6.09 Å². The maximum Gasteiger partial charge on any atom is 0.410 e. The zero-order valence-corrected chi connectivity index (χ0v) is 11.0. The lowest BCUT2D eigenvalue weighted by Gasteiger charge is -2.53. The van der Waals surface area contributed by atoms with Crippen LogP contribution in [0.1, 0.15) is 27.2 Å². The van der Waals surface area contributed by atoms with E-state index >= 15 is 0 Å². The first-order valence-corrected chi connectivity index (χ1v) is 6.34. The quantitative estimate of drug-likeness (QED) is 0.732. The normalized spacial score (nSPS) is 29.5. The van der Waals surface area contributed by atoms with Crippen LogP contribution in [0.3, 0.4) is 0 Å². The number of rotatable bonds is 1. The molecule has 2 aliphatic rings. The second kappa shape index (κ2) is 4.46. The van der Waals surface area contributed by atoms with Gasteiger partial charge in [-0.15, -0.1) is 0 Å². The van der Waals surface area contributed by atoms with Gasteiger partial charge in [-0.3, -0.25) is 4.90 Å². The summed E-state index contributed by atoms with van der Waals surface area (Å²) >= 11 is 0. The molecule has 2 N–H and O–H groups in total. The number of ether oxygens (including phenoxy) is 1. The van der Waals surface area contributed by atoms with Crippen LogP contribution >= 0.6 is 0 Å². The van der Waals surface area contributed by atoms with Crippen molar-refractivity contribution >= 4 is 6.09 Å². The monoisotopic (exact) mass is 241 g/mol. The highest BCUT2D eigenvalue weighted by molar-refractivity contribution is 5.68. The van der Waals surface area contributed by atoms with Crippen LogP contribution in [0.5, 0.6) is 0 Å². The molecule has 0 bridgehead atoms. The van der Waals surface area contributed by atoms with Gasteiger partial charge in [0.05, 0.1) is 0 Å². The van der Waals surface area contributed by atoms with Crippen LogP contribution in [-0.2, 0) is 4.74 Å². The zero-order chi connectivity index (χ0) is 12.6.